The first kappa shape index (κ1) is 20.2. The van der Waals surface area contributed by atoms with E-state index in [1.807, 2.05) is 25.1 Å². The van der Waals surface area contributed by atoms with Crippen LogP contribution in [-0.4, -0.2) is 5.78 Å². The summed E-state index contributed by atoms with van der Waals surface area (Å²) < 4.78 is 41.6. The highest BCUT2D eigenvalue weighted by Gasteiger charge is 2.46. The van der Waals surface area contributed by atoms with Gasteiger partial charge < -0.3 is 10.6 Å². The van der Waals surface area contributed by atoms with Gasteiger partial charge in [0.2, 0.25) is 0 Å². The van der Waals surface area contributed by atoms with Gasteiger partial charge in [0.25, 0.3) is 0 Å². The van der Waals surface area contributed by atoms with E-state index in [2.05, 4.69) is 10.6 Å². The predicted molar refractivity (Wildman–Crippen MR) is 115 cm³/mol. The van der Waals surface area contributed by atoms with Crippen molar-refractivity contribution in [3.63, 3.8) is 0 Å². The van der Waals surface area contributed by atoms with E-state index in [0.29, 0.717) is 24.1 Å². The number of hydrogen-bond donors (Lipinski definition) is 2. The molecule has 3 nitrogen and oxygen atoms in total. The first-order valence-electron chi connectivity index (χ1n) is 10.8. The number of allylic oxidation sites excluding steroid dienone is 1. The summed E-state index contributed by atoms with van der Waals surface area (Å²) >= 11 is 0. The molecular formula is C25H25F3N2O. The SMILES string of the molecule is Cc1ccc2c(c1)NC(c1ccccc1C(F)(F)F)C1=C(CC3(CCCC3)CC1=O)N2. The number of carbonyl (C=O) groups excluding carboxylic acids is 1. The van der Waals surface area contributed by atoms with Crippen molar-refractivity contribution in [1.82, 2.24) is 0 Å². The van der Waals surface area contributed by atoms with Gasteiger partial charge in [0.15, 0.2) is 5.78 Å². The molecule has 2 N–H and O–H groups in total. The van der Waals surface area contributed by atoms with Crippen molar-refractivity contribution in [3.05, 3.63) is 70.4 Å². The van der Waals surface area contributed by atoms with Crippen LogP contribution in [0.2, 0.25) is 0 Å². The molecule has 2 aliphatic carbocycles. The third-order valence-corrected chi connectivity index (χ3v) is 7.00. The minimum Gasteiger partial charge on any atom is -0.372 e. The molecular weight excluding hydrogens is 401 g/mol. The van der Waals surface area contributed by atoms with E-state index in [4.69, 9.17) is 0 Å². The van der Waals surface area contributed by atoms with Gasteiger partial charge in [-0.25, -0.2) is 0 Å². The highest BCUT2D eigenvalue weighted by molar-refractivity contribution is 6.01. The number of ketones is 1. The van der Waals surface area contributed by atoms with Crippen LogP contribution in [0.3, 0.4) is 0 Å². The molecule has 1 fully saturated rings. The summed E-state index contributed by atoms with van der Waals surface area (Å²) in [5.74, 6) is -0.0466. The van der Waals surface area contributed by atoms with Gasteiger partial charge in [0, 0.05) is 17.7 Å². The zero-order valence-electron chi connectivity index (χ0n) is 17.4. The van der Waals surface area contributed by atoms with Crippen molar-refractivity contribution in [2.24, 2.45) is 5.41 Å². The molecule has 1 unspecified atom stereocenters. The fourth-order valence-corrected chi connectivity index (χ4v) is 5.58. The molecule has 0 aromatic heterocycles. The van der Waals surface area contributed by atoms with Gasteiger partial charge in [0.05, 0.1) is 23.0 Å². The summed E-state index contributed by atoms with van der Waals surface area (Å²) in [6.45, 7) is 1.94. The molecule has 0 saturated heterocycles. The Hall–Kier alpha value is -2.76. The molecule has 31 heavy (non-hydrogen) atoms. The Morgan fingerprint density at radius 3 is 2.48 bits per heavy atom. The van der Waals surface area contributed by atoms with E-state index in [1.165, 1.54) is 12.1 Å². The standard InChI is InChI=1S/C25H25F3N2O/c1-15-8-9-18-19(12-15)30-23(16-6-2-3-7-17(16)25(26,27)28)22-20(29-18)13-24(14-21(22)31)10-4-5-11-24/h2-3,6-9,12,23,29-30H,4-5,10-11,13-14H2,1H3. The van der Waals surface area contributed by atoms with Gasteiger partial charge in [-0.3, -0.25) is 4.79 Å². The van der Waals surface area contributed by atoms with Crippen LogP contribution in [0.15, 0.2) is 53.7 Å². The second-order valence-corrected chi connectivity index (χ2v) is 9.21. The third-order valence-electron chi connectivity index (χ3n) is 7.00. The lowest BCUT2D eigenvalue weighted by Crippen LogP contribution is -2.33. The Morgan fingerprint density at radius 2 is 1.74 bits per heavy atom. The predicted octanol–water partition coefficient (Wildman–Crippen LogP) is 6.77. The average molecular weight is 426 g/mol. The molecule has 1 spiro atoms. The summed E-state index contributed by atoms with van der Waals surface area (Å²) in [5, 5.41) is 6.74. The highest BCUT2D eigenvalue weighted by atomic mass is 19.4. The molecule has 1 aliphatic heterocycles. The number of anilines is 2. The Labute approximate surface area is 179 Å². The number of alkyl halides is 3. The van der Waals surface area contributed by atoms with Crippen molar-refractivity contribution in [2.75, 3.05) is 10.6 Å². The topological polar surface area (TPSA) is 41.1 Å². The number of benzene rings is 2. The highest BCUT2D eigenvalue weighted by Crippen LogP contribution is 2.53. The first-order chi connectivity index (χ1) is 14.8. The lowest BCUT2D eigenvalue weighted by atomic mass is 9.70. The molecule has 0 radical (unpaired) electrons. The minimum absolute atomic E-state index is 0.0466. The second-order valence-electron chi connectivity index (χ2n) is 9.21. The van der Waals surface area contributed by atoms with Gasteiger partial charge in [-0.2, -0.15) is 13.2 Å². The van der Waals surface area contributed by atoms with Crippen LogP contribution in [-0.2, 0) is 11.0 Å². The lowest BCUT2D eigenvalue weighted by Gasteiger charge is -2.37. The quantitative estimate of drug-likeness (QED) is 0.529. The van der Waals surface area contributed by atoms with Crippen LogP contribution in [0.1, 0.15) is 61.3 Å². The number of nitrogens with one attached hydrogen (secondary N) is 2. The van der Waals surface area contributed by atoms with Crippen LogP contribution in [0.25, 0.3) is 0 Å². The summed E-state index contributed by atoms with van der Waals surface area (Å²) in [6, 6.07) is 10.5. The number of aryl methyl sites for hydroxylation is 1. The number of rotatable bonds is 1. The molecule has 3 aliphatic rings. The van der Waals surface area contributed by atoms with E-state index >= 15 is 0 Å². The van der Waals surface area contributed by atoms with E-state index in [9.17, 15) is 18.0 Å². The zero-order chi connectivity index (χ0) is 21.8. The van der Waals surface area contributed by atoms with Crippen molar-refractivity contribution in [2.45, 2.75) is 57.7 Å². The van der Waals surface area contributed by atoms with Gasteiger partial charge in [-0.05, 0) is 60.9 Å². The molecule has 5 rings (SSSR count). The minimum atomic E-state index is -4.50. The monoisotopic (exact) mass is 426 g/mol. The van der Waals surface area contributed by atoms with Crippen LogP contribution in [0, 0.1) is 12.3 Å². The van der Waals surface area contributed by atoms with Crippen LogP contribution in [0.5, 0.6) is 0 Å². The maximum atomic E-state index is 13.9. The van der Waals surface area contributed by atoms with Gasteiger partial charge >= 0.3 is 6.18 Å². The molecule has 0 bridgehead atoms. The maximum Gasteiger partial charge on any atom is 0.416 e. The first-order valence-corrected chi connectivity index (χ1v) is 10.8. The molecule has 1 saturated carbocycles. The van der Waals surface area contributed by atoms with Crippen molar-refractivity contribution in [3.8, 4) is 0 Å². The molecule has 1 atom stereocenters. The Balaban J connectivity index is 1.70. The molecule has 2 aromatic carbocycles. The average Bonchev–Trinajstić information content (AvgIpc) is 3.08. The van der Waals surface area contributed by atoms with Crippen LogP contribution in [0.4, 0.5) is 24.5 Å². The summed E-state index contributed by atoms with van der Waals surface area (Å²) in [4.78, 5) is 13.5. The summed E-state index contributed by atoms with van der Waals surface area (Å²) in [7, 11) is 0. The number of Topliss-reactive ketones (excluding diaryl/α,β-unsaturated/α-hetero) is 1. The third kappa shape index (κ3) is 3.52. The van der Waals surface area contributed by atoms with Crippen molar-refractivity contribution < 1.29 is 18.0 Å². The van der Waals surface area contributed by atoms with Gasteiger partial charge in [-0.1, -0.05) is 37.1 Å². The zero-order valence-corrected chi connectivity index (χ0v) is 17.4. The molecule has 1 heterocycles. The molecule has 2 aromatic rings. The molecule has 162 valence electrons. The van der Waals surface area contributed by atoms with Crippen LogP contribution < -0.4 is 10.6 Å². The second kappa shape index (κ2) is 7.14. The van der Waals surface area contributed by atoms with E-state index in [1.54, 1.807) is 6.07 Å². The summed E-state index contributed by atoms with van der Waals surface area (Å²) in [5.41, 5.74) is 3.05. The molecule has 6 heteroatoms. The lowest BCUT2D eigenvalue weighted by molar-refractivity contribution is -0.138. The summed E-state index contributed by atoms with van der Waals surface area (Å²) in [6.07, 6.45) is 0.806. The van der Waals surface area contributed by atoms with Gasteiger partial charge in [-0.15, -0.1) is 0 Å². The van der Waals surface area contributed by atoms with E-state index in [0.717, 1.165) is 48.7 Å². The molecule has 0 amide bonds. The maximum absolute atomic E-state index is 13.9. The Morgan fingerprint density at radius 1 is 1.00 bits per heavy atom. The fraction of sp³-hybridized carbons (Fsp3) is 0.400. The smallest absolute Gasteiger partial charge is 0.372 e. The number of halogens is 3. The van der Waals surface area contributed by atoms with Crippen molar-refractivity contribution >= 4 is 17.2 Å². The van der Waals surface area contributed by atoms with Crippen molar-refractivity contribution in [1.29, 1.82) is 0 Å². The number of fused-ring (bicyclic) bond motifs is 1. The van der Waals surface area contributed by atoms with Gasteiger partial charge in [0.1, 0.15) is 0 Å². The van der Waals surface area contributed by atoms with Crippen LogP contribution >= 0.6 is 0 Å². The fourth-order valence-electron chi connectivity index (χ4n) is 5.58. The normalized spacial score (nSPS) is 22.5. The number of carbonyl (C=O) groups is 1. The Bertz CT molecular complexity index is 1080. The van der Waals surface area contributed by atoms with E-state index < -0.39 is 17.8 Å². The number of hydrogen-bond acceptors (Lipinski definition) is 3. The Kier molecular flexibility index (Phi) is 4.65. The largest absolute Gasteiger partial charge is 0.416 e. The van der Waals surface area contributed by atoms with E-state index in [-0.39, 0.29) is 16.8 Å².